The van der Waals surface area contributed by atoms with Crippen LogP contribution in [0.3, 0.4) is 0 Å². The van der Waals surface area contributed by atoms with Gasteiger partial charge in [0.05, 0.1) is 0 Å². The molecule has 0 saturated heterocycles. The first kappa shape index (κ1) is 23.5. The molecule has 0 amide bonds. The van der Waals surface area contributed by atoms with Crippen molar-refractivity contribution in [2.45, 2.75) is 0 Å². The summed E-state index contributed by atoms with van der Waals surface area (Å²) in [5, 5.41) is 0. The minimum Gasteiger partial charge on any atom is -0.345 e. The zero-order valence-electron chi connectivity index (χ0n) is 21.5. The molecule has 0 aromatic heterocycles. The molecule has 1 nitrogen and oxygen atoms in total. The van der Waals surface area contributed by atoms with Crippen LogP contribution in [0, 0.1) is 0 Å². The molecule has 182 valence electrons. The minimum atomic E-state index is 1.16. The van der Waals surface area contributed by atoms with Gasteiger partial charge in [-0.3, -0.25) is 0 Å². The topological polar surface area (TPSA) is 3.24 Å². The number of anilines is 2. The highest BCUT2D eigenvalue weighted by atomic mass is 15.1. The molecule has 0 bridgehead atoms. The van der Waals surface area contributed by atoms with E-state index in [0.29, 0.717) is 0 Å². The van der Waals surface area contributed by atoms with Gasteiger partial charge in [0.15, 0.2) is 0 Å². The molecular weight excluding hydrogens is 458 g/mol. The van der Waals surface area contributed by atoms with E-state index >= 15 is 0 Å². The van der Waals surface area contributed by atoms with Crippen molar-refractivity contribution in [2.75, 3.05) is 11.9 Å². The molecule has 0 aliphatic heterocycles. The molecule has 0 heterocycles. The standard InChI is InChI=1S/C37H29N/c1-38(36-23-19-32(20-24-36)31-17-15-30(16-18-31)28-9-4-2-5-10-28)37-25-21-33(22-26-37)35-14-8-13-34(27-35)29-11-6-3-7-12-29/h2-27H,1H3. The van der Waals surface area contributed by atoms with Crippen molar-refractivity contribution in [3.05, 3.63) is 158 Å². The van der Waals surface area contributed by atoms with Crippen LogP contribution >= 0.6 is 0 Å². The van der Waals surface area contributed by atoms with Crippen LogP contribution in [0.2, 0.25) is 0 Å². The summed E-state index contributed by atoms with van der Waals surface area (Å²) in [6.45, 7) is 0. The Labute approximate surface area is 225 Å². The van der Waals surface area contributed by atoms with Gasteiger partial charge in [-0.1, -0.05) is 127 Å². The summed E-state index contributed by atoms with van der Waals surface area (Å²) in [5.41, 5.74) is 12.2. The zero-order valence-corrected chi connectivity index (χ0v) is 21.5. The smallest absolute Gasteiger partial charge is 0.0408 e. The minimum absolute atomic E-state index is 1.16. The van der Waals surface area contributed by atoms with Crippen molar-refractivity contribution in [3.8, 4) is 44.5 Å². The van der Waals surface area contributed by atoms with E-state index in [1.165, 1.54) is 44.5 Å². The van der Waals surface area contributed by atoms with Gasteiger partial charge in [0.1, 0.15) is 0 Å². The molecular formula is C37H29N. The molecule has 0 fully saturated rings. The Kier molecular flexibility index (Phi) is 6.57. The fourth-order valence-corrected chi connectivity index (χ4v) is 4.90. The van der Waals surface area contributed by atoms with Gasteiger partial charge in [0, 0.05) is 18.4 Å². The molecule has 0 unspecified atom stereocenters. The van der Waals surface area contributed by atoms with Crippen molar-refractivity contribution in [3.63, 3.8) is 0 Å². The third-order valence-corrected chi connectivity index (χ3v) is 7.14. The SMILES string of the molecule is CN(c1ccc(-c2ccc(-c3ccccc3)cc2)cc1)c1ccc(-c2cccc(-c3ccccc3)c2)cc1. The van der Waals surface area contributed by atoms with Gasteiger partial charge in [-0.15, -0.1) is 0 Å². The van der Waals surface area contributed by atoms with Crippen molar-refractivity contribution in [1.82, 2.24) is 0 Å². The lowest BCUT2D eigenvalue weighted by Crippen LogP contribution is -2.08. The Morgan fingerprint density at radius 2 is 0.579 bits per heavy atom. The summed E-state index contributed by atoms with van der Waals surface area (Å²) in [5.74, 6) is 0. The number of hydrogen-bond acceptors (Lipinski definition) is 1. The van der Waals surface area contributed by atoms with Gasteiger partial charge < -0.3 is 4.90 Å². The highest BCUT2D eigenvalue weighted by Gasteiger charge is 2.07. The Bertz CT molecular complexity index is 1620. The van der Waals surface area contributed by atoms with Crippen LogP contribution in [0.5, 0.6) is 0 Å². The second-order valence-electron chi connectivity index (χ2n) is 9.54. The summed E-state index contributed by atoms with van der Waals surface area (Å²) in [6.07, 6.45) is 0. The van der Waals surface area contributed by atoms with Crippen LogP contribution in [0.4, 0.5) is 11.4 Å². The maximum Gasteiger partial charge on any atom is 0.0408 e. The van der Waals surface area contributed by atoms with Crippen LogP contribution in [-0.2, 0) is 0 Å². The van der Waals surface area contributed by atoms with Crippen LogP contribution < -0.4 is 4.90 Å². The number of hydrogen-bond donors (Lipinski definition) is 0. The third kappa shape index (κ3) is 5.00. The summed E-state index contributed by atoms with van der Waals surface area (Å²) in [7, 11) is 2.12. The summed E-state index contributed by atoms with van der Waals surface area (Å²) in [4.78, 5) is 2.23. The average molecular weight is 488 g/mol. The predicted octanol–water partition coefficient (Wildman–Crippen LogP) is 10.1. The van der Waals surface area contributed by atoms with Gasteiger partial charge in [0.25, 0.3) is 0 Å². The number of rotatable bonds is 6. The predicted molar refractivity (Wildman–Crippen MR) is 163 cm³/mol. The Balaban J connectivity index is 1.17. The van der Waals surface area contributed by atoms with Gasteiger partial charge >= 0.3 is 0 Å². The number of benzene rings is 6. The third-order valence-electron chi connectivity index (χ3n) is 7.14. The maximum absolute atomic E-state index is 2.26. The monoisotopic (exact) mass is 487 g/mol. The molecule has 38 heavy (non-hydrogen) atoms. The summed E-state index contributed by atoms with van der Waals surface area (Å²) >= 11 is 0. The molecule has 6 aromatic rings. The molecule has 6 rings (SSSR count). The zero-order chi connectivity index (χ0) is 25.7. The second kappa shape index (κ2) is 10.6. The summed E-state index contributed by atoms with van der Waals surface area (Å²) < 4.78 is 0. The largest absolute Gasteiger partial charge is 0.345 e. The molecule has 0 N–H and O–H groups in total. The van der Waals surface area contributed by atoms with E-state index in [0.717, 1.165) is 11.4 Å². The first-order valence-electron chi connectivity index (χ1n) is 13.0. The molecule has 0 aliphatic carbocycles. The van der Waals surface area contributed by atoms with E-state index in [1.54, 1.807) is 0 Å². The van der Waals surface area contributed by atoms with Gasteiger partial charge in [-0.05, 0) is 74.8 Å². The van der Waals surface area contributed by atoms with Crippen molar-refractivity contribution in [2.24, 2.45) is 0 Å². The van der Waals surface area contributed by atoms with Gasteiger partial charge in [-0.25, -0.2) is 0 Å². The van der Waals surface area contributed by atoms with Gasteiger partial charge in [0.2, 0.25) is 0 Å². The molecule has 0 saturated carbocycles. The molecule has 0 aliphatic rings. The Hall–Kier alpha value is -4.88. The van der Waals surface area contributed by atoms with E-state index in [4.69, 9.17) is 0 Å². The quantitative estimate of drug-likeness (QED) is 0.226. The number of nitrogens with zero attached hydrogens (tertiary/aromatic N) is 1. The summed E-state index contributed by atoms with van der Waals surface area (Å²) in [6, 6.07) is 56.2. The van der Waals surface area contributed by atoms with Gasteiger partial charge in [-0.2, -0.15) is 0 Å². The van der Waals surface area contributed by atoms with E-state index in [9.17, 15) is 0 Å². The molecule has 6 aromatic carbocycles. The lowest BCUT2D eigenvalue weighted by Gasteiger charge is -2.20. The lowest BCUT2D eigenvalue weighted by molar-refractivity contribution is 1.21. The van der Waals surface area contributed by atoms with Crippen LogP contribution in [0.25, 0.3) is 44.5 Å². The molecule has 0 radical (unpaired) electrons. The van der Waals surface area contributed by atoms with Crippen LogP contribution in [-0.4, -0.2) is 7.05 Å². The fourth-order valence-electron chi connectivity index (χ4n) is 4.90. The molecule has 0 atom stereocenters. The van der Waals surface area contributed by atoms with E-state index < -0.39 is 0 Å². The second-order valence-corrected chi connectivity index (χ2v) is 9.54. The first-order chi connectivity index (χ1) is 18.7. The molecule has 0 spiro atoms. The Morgan fingerprint density at radius 1 is 0.289 bits per heavy atom. The van der Waals surface area contributed by atoms with E-state index in [2.05, 4.69) is 170 Å². The average Bonchev–Trinajstić information content (AvgIpc) is 3.02. The fraction of sp³-hybridized carbons (Fsp3) is 0.0270. The highest BCUT2D eigenvalue weighted by Crippen LogP contribution is 2.31. The maximum atomic E-state index is 2.26. The van der Waals surface area contributed by atoms with Crippen LogP contribution in [0.1, 0.15) is 0 Å². The van der Waals surface area contributed by atoms with Crippen molar-refractivity contribution < 1.29 is 0 Å². The normalized spacial score (nSPS) is 10.8. The van der Waals surface area contributed by atoms with E-state index in [-0.39, 0.29) is 0 Å². The Morgan fingerprint density at radius 3 is 1.00 bits per heavy atom. The van der Waals surface area contributed by atoms with E-state index in [1.807, 2.05) is 0 Å². The first-order valence-corrected chi connectivity index (χ1v) is 13.0. The van der Waals surface area contributed by atoms with Crippen LogP contribution in [0.15, 0.2) is 158 Å². The lowest BCUT2D eigenvalue weighted by atomic mass is 9.99. The highest BCUT2D eigenvalue weighted by molar-refractivity contribution is 5.76. The van der Waals surface area contributed by atoms with Crippen molar-refractivity contribution >= 4 is 11.4 Å². The molecule has 1 heteroatoms. The van der Waals surface area contributed by atoms with Crippen molar-refractivity contribution in [1.29, 1.82) is 0 Å².